The van der Waals surface area contributed by atoms with Crippen molar-refractivity contribution in [1.82, 2.24) is 15.6 Å². The maximum Gasteiger partial charge on any atom is 0.338 e. The highest BCUT2D eigenvalue weighted by Crippen LogP contribution is 2.24. The Morgan fingerprint density at radius 1 is 1.26 bits per heavy atom. The molecular formula is C19H27N3O5. The normalized spacial score (nSPS) is 19.3. The van der Waals surface area contributed by atoms with Crippen molar-refractivity contribution in [2.75, 3.05) is 13.2 Å². The minimum atomic E-state index is -0.889. The van der Waals surface area contributed by atoms with Gasteiger partial charge in [0.2, 0.25) is 5.91 Å². The summed E-state index contributed by atoms with van der Waals surface area (Å²) < 4.78 is 9.92. The molecule has 8 nitrogen and oxygen atoms in total. The predicted molar refractivity (Wildman–Crippen MR) is 97.6 cm³/mol. The third-order valence-corrected chi connectivity index (χ3v) is 4.02. The molecule has 27 heavy (non-hydrogen) atoms. The van der Waals surface area contributed by atoms with Crippen LogP contribution in [0.5, 0.6) is 0 Å². The van der Waals surface area contributed by atoms with Gasteiger partial charge in [0.25, 0.3) is 5.91 Å². The van der Waals surface area contributed by atoms with Crippen LogP contribution >= 0.6 is 0 Å². The molecule has 0 aliphatic carbocycles. The van der Waals surface area contributed by atoms with Crippen LogP contribution in [0.1, 0.15) is 32.9 Å². The third-order valence-electron chi connectivity index (χ3n) is 4.02. The van der Waals surface area contributed by atoms with Crippen LogP contribution in [0.25, 0.3) is 0 Å². The minimum Gasteiger partial charge on any atom is -0.464 e. The van der Waals surface area contributed by atoms with Gasteiger partial charge in [-0.25, -0.2) is 4.79 Å². The van der Waals surface area contributed by atoms with Crippen molar-refractivity contribution in [3.63, 3.8) is 0 Å². The van der Waals surface area contributed by atoms with Crippen molar-refractivity contribution >= 4 is 17.8 Å². The Morgan fingerprint density at radius 2 is 2.04 bits per heavy atom. The Balaban J connectivity index is 1.83. The topological polar surface area (TPSA) is 110 Å². The molecule has 8 heteroatoms. The molecule has 2 N–H and O–H groups in total. The van der Waals surface area contributed by atoms with Gasteiger partial charge in [0.15, 0.2) is 12.2 Å². The largest absolute Gasteiger partial charge is 0.464 e. The molecule has 2 amide bonds. The van der Waals surface area contributed by atoms with E-state index in [4.69, 9.17) is 9.47 Å². The number of pyridine rings is 1. The lowest BCUT2D eigenvalue weighted by molar-refractivity contribution is -0.144. The van der Waals surface area contributed by atoms with Gasteiger partial charge >= 0.3 is 5.97 Å². The molecule has 1 saturated heterocycles. The van der Waals surface area contributed by atoms with Gasteiger partial charge in [0.1, 0.15) is 6.04 Å². The number of aromatic nitrogens is 1. The number of carbonyl (C=O) groups excluding carboxylic acids is 3. The molecule has 0 aromatic carbocycles. The molecule has 0 radical (unpaired) electrons. The Bertz CT molecular complexity index is 650. The summed E-state index contributed by atoms with van der Waals surface area (Å²) in [5, 5.41) is 5.52. The first-order chi connectivity index (χ1) is 12.9. The average Bonchev–Trinajstić information content (AvgIpc) is 3.43. The Hall–Kier alpha value is -2.48. The fourth-order valence-corrected chi connectivity index (χ4v) is 2.66. The van der Waals surface area contributed by atoms with E-state index in [2.05, 4.69) is 15.6 Å². The predicted octanol–water partition coefficient (Wildman–Crippen LogP) is 0.602. The third kappa shape index (κ3) is 6.63. The van der Waals surface area contributed by atoms with Crippen LogP contribution in [0, 0.1) is 5.92 Å². The molecular weight excluding hydrogens is 350 g/mol. The summed E-state index contributed by atoms with van der Waals surface area (Å²) in [7, 11) is 0. The quantitative estimate of drug-likeness (QED) is 0.456. The smallest absolute Gasteiger partial charge is 0.338 e. The monoisotopic (exact) mass is 377 g/mol. The fraction of sp³-hybridized carbons (Fsp3) is 0.579. The van der Waals surface area contributed by atoms with E-state index in [-0.39, 0.29) is 18.4 Å². The number of rotatable bonds is 10. The SMILES string of the molecule is CCOC(=O)[C@H]1O[C@@H]1C(=O)N[C@@H](CC(C)C)C(=O)NCCc1ccccn1. The molecule has 2 rings (SSSR count). The zero-order valence-corrected chi connectivity index (χ0v) is 15.9. The van der Waals surface area contributed by atoms with E-state index >= 15 is 0 Å². The number of nitrogens with one attached hydrogen (secondary N) is 2. The molecule has 1 aromatic rings. The van der Waals surface area contributed by atoms with Crippen LogP contribution in [-0.2, 0) is 30.3 Å². The molecule has 0 unspecified atom stereocenters. The van der Waals surface area contributed by atoms with Crippen molar-refractivity contribution in [1.29, 1.82) is 0 Å². The molecule has 148 valence electrons. The first-order valence-corrected chi connectivity index (χ1v) is 9.22. The van der Waals surface area contributed by atoms with E-state index in [0.29, 0.717) is 19.4 Å². The second-order valence-corrected chi connectivity index (χ2v) is 6.78. The van der Waals surface area contributed by atoms with Gasteiger partial charge in [0.05, 0.1) is 6.61 Å². The van der Waals surface area contributed by atoms with Gasteiger partial charge in [-0.3, -0.25) is 14.6 Å². The van der Waals surface area contributed by atoms with Crippen molar-refractivity contribution in [2.24, 2.45) is 5.92 Å². The number of ether oxygens (including phenoxy) is 2. The summed E-state index contributed by atoms with van der Waals surface area (Å²) in [4.78, 5) is 40.6. The number of epoxide rings is 1. The van der Waals surface area contributed by atoms with Crippen LogP contribution in [0.15, 0.2) is 24.4 Å². The number of hydrogen-bond acceptors (Lipinski definition) is 6. The molecule has 1 fully saturated rings. The van der Waals surface area contributed by atoms with Crippen molar-refractivity contribution < 1.29 is 23.9 Å². The fourth-order valence-electron chi connectivity index (χ4n) is 2.66. The second-order valence-electron chi connectivity index (χ2n) is 6.78. The first-order valence-electron chi connectivity index (χ1n) is 9.22. The minimum absolute atomic E-state index is 0.206. The van der Waals surface area contributed by atoms with Crippen LogP contribution in [0.4, 0.5) is 0 Å². The summed E-state index contributed by atoms with van der Waals surface area (Å²) in [5.41, 5.74) is 0.880. The van der Waals surface area contributed by atoms with E-state index in [1.807, 2.05) is 32.0 Å². The molecule has 2 heterocycles. The average molecular weight is 377 g/mol. The van der Waals surface area contributed by atoms with E-state index in [0.717, 1.165) is 5.69 Å². The highest BCUT2D eigenvalue weighted by atomic mass is 16.6. The zero-order chi connectivity index (χ0) is 19.8. The summed E-state index contributed by atoms with van der Waals surface area (Å²) in [5.74, 6) is -1.09. The summed E-state index contributed by atoms with van der Waals surface area (Å²) in [6, 6.07) is 4.93. The van der Waals surface area contributed by atoms with Crippen LogP contribution in [-0.4, -0.2) is 54.2 Å². The lowest BCUT2D eigenvalue weighted by atomic mass is 10.0. The van der Waals surface area contributed by atoms with Gasteiger partial charge < -0.3 is 20.1 Å². The number of carbonyl (C=O) groups is 3. The Morgan fingerprint density at radius 3 is 2.67 bits per heavy atom. The van der Waals surface area contributed by atoms with Crippen LogP contribution in [0.2, 0.25) is 0 Å². The van der Waals surface area contributed by atoms with Gasteiger partial charge in [-0.2, -0.15) is 0 Å². The lowest BCUT2D eigenvalue weighted by Gasteiger charge is -2.19. The molecule has 1 aliphatic rings. The van der Waals surface area contributed by atoms with E-state index in [1.54, 1.807) is 13.1 Å². The molecule has 0 saturated carbocycles. The zero-order valence-electron chi connectivity index (χ0n) is 15.9. The van der Waals surface area contributed by atoms with Crippen LogP contribution < -0.4 is 10.6 Å². The number of esters is 1. The highest BCUT2D eigenvalue weighted by Gasteiger charge is 2.52. The van der Waals surface area contributed by atoms with Crippen molar-refractivity contribution in [3.8, 4) is 0 Å². The van der Waals surface area contributed by atoms with Gasteiger partial charge in [-0.15, -0.1) is 0 Å². The van der Waals surface area contributed by atoms with Crippen LogP contribution in [0.3, 0.4) is 0 Å². The van der Waals surface area contributed by atoms with Gasteiger partial charge in [-0.1, -0.05) is 19.9 Å². The van der Waals surface area contributed by atoms with E-state index < -0.39 is 30.1 Å². The van der Waals surface area contributed by atoms with Gasteiger partial charge in [-0.05, 0) is 31.4 Å². The molecule has 0 bridgehead atoms. The number of nitrogens with zero attached hydrogens (tertiary/aromatic N) is 1. The Kier molecular flexibility index (Phi) is 7.72. The standard InChI is InChI=1S/C19H27N3O5/c1-4-26-19(25)16-15(27-16)18(24)22-14(11-12(2)3)17(23)21-10-8-13-7-5-6-9-20-13/h5-7,9,12,14-16H,4,8,10-11H2,1-3H3,(H,21,23)(H,22,24)/t14-,15-,16-/m0/s1. The lowest BCUT2D eigenvalue weighted by Crippen LogP contribution is -2.49. The Labute approximate surface area is 159 Å². The number of hydrogen-bond donors (Lipinski definition) is 2. The van der Waals surface area contributed by atoms with E-state index in [9.17, 15) is 14.4 Å². The molecule has 3 atom stereocenters. The second kappa shape index (κ2) is 10.0. The summed E-state index contributed by atoms with van der Waals surface area (Å²) >= 11 is 0. The number of amides is 2. The maximum atomic E-state index is 12.5. The van der Waals surface area contributed by atoms with Gasteiger partial charge in [0, 0.05) is 24.9 Å². The molecule has 1 aliphatic heterocycles. The summed E-state index contributed by atoms with van der Waals surface area (Å²) in [6.45, 7) is 6.27. The molecule has 1 aromatic heterocycles. The first kappa shape index (κ1) is 20.8. The maximum absolute atomic E-state index is 12.5. The van der Waals surface area contributed by atoms with Crippen molar-refractivity contribution in [3.05, 3.63) is 30.1 Å². The molecule has 0 spiro atoms. The van der Waals surface area contributed by atoms with E-state index in [1.165, 1.54) is 0 Å². The highest BCUT2D eigenvalue weighted by molar-refractivity contribution is 5.95. The summed E-state index contributed by atoms with van der Waals surface area (Å²) in [6.07, 6.45) is 1.02. The van der Waals surface area contributed by atoms with Crippen molar-refractivity contribution in [2.45, 2.75) is 51.9 Å².